The molecule has 2 aliphatic carbocycles. The molecule has 0 bridgehead atoms. The van der Waals surface area contributed by atoms with Gasteiger partial charge >= 0.3 is 0 Å². The Labute approximate surface area is 156 Å². The lowest BCUT2D eigenvalue weighted by atomic mass is 10.0. The van der Waals surface area contributed by atoms with Crippen molar-refractivity contribution in [1.82, 2.24) is 0 Å². The van der Waals surface area contributed by atoms with Crippen LogP contribution in [0.5, 0.6) is 0 Å². The Balaban J connectivity index is 1.81. The molecule has 2 aromatic rings. The standard InChI is InChI=1S/C24H25FSi/c1-16-15-21(20-11-7-8-12-22(20)25)24(17(16)2)26(3,4)23-14-13-18-9-5-6-10-19(18)23/h5-15,23-24H,1-4H3. The van der Waals surface area contributed by atoms with Gasteiger partial charge in [0.05, 0.1) is 8.07 Å². The van der Waals surface area contributed by atoms with Crippen LogP contribution in [-0.2, 0) is 0 Å². The van der Waals surface area contributed by atoms with Crippen LogP contribution in [0.1, 0.15) is 36.1 Å². The maximum absolute atomic E-state index is 14.6. The van der Waals surface area contributed by atoms with Gasteiger partial charge in [0.15, 0.2) is 0 Å². The molecule has 0 radical (unpaired) electrons. The van der Waals surface area contributed by atoms with Crippen LogP contribution in [0.2, 0.25) is 18.6 Å². The van der Waals surface area contributed by atoms with E-state index in [-0.39, 0.29) is 5.82 Å². The fourth-order valence-electron chi connectivity index (χ4n) is 4.86. The first-order chi connectivity index (χ1) is 12.4. The highest BCUT2D eigenvalue weighted by Crippen LogP contribution is 2.54. The van der Waals surface area contributed by atoms with Crippen molar-refractivity contribution in [3.8, 4) is 0 Å². The predicted octanol–water partition coefficient (Wildman–Crippen LogP) is 6.99. The molecular weight excluding hydrogens is 335 g/mol. The minimum atomic E-state index is -1.84. The summed E-state index contributed by atoms with van der Waals surface area (Å²) >= 11 is 0. The monoisotopic (exact) mass is 360 g/mol. The molecule has 2 unspecified atom stereocenters. The van der Waals surface area contributed by atoms with E-state index < -0.39 is 8.07 Å². The second kappa shape index (κ2) is 6.21. The van der Waals surface area contributed by atoms with E-state index in [9.17, 15) is 4.39 Å². The Morgan fingerprint density at radius 1 is 0.923 bits per heavy atom. The molecule has 26 heavy (non-hydrogen) atoms. The molecule has 0 aliphatic heterocycles. The molecule has 0 saturated heterocycles. The topological polar surface area (TPSA) is 0 Å². The van der Waals surface area contributed by atoms with Crippen molar-refractivity contribution < 1.29 is 4.39 Å². The van der Waals surface area contributed by atoms with Crippen LogP contribution in [0.3, 0.4) is 0 Å². The molecule has 2 aromatic carbocycles. The zero-order valence-electron chi connectivity index (χ0n) is 15.9. The van der Waals surface area contributed by atoms with Gasteiger partial charge < -0.3 is 0 Å². The molecule has 0 heterocycles. The molecule has 0 saturated carbocycles. The molecule has 0 aromatic heterocycles. The number of benzene rings is 2. The Kier molecular flexibility index (Phi) is 4.11. The molecule has 0 spiro atoms. The van der Waals surface area contributed by atoms with E-state index in [1.54, 1.807) is 12.1 Å². The van der Waals surface area contributed by atoms with Gasteiger partial charge in [0.2, 0.25) is 0 Å². The van der Waals surface area contributed by atoms with Crippen molar-refractivity contribution in [3.05, 3.63) is 94.3 Å². The van der Waals surface area contributed by atoms with E-state index in [0.717, 1.165) is 5.56 Å². The Hall–Kier alpha value is -2.19. The Bertz CT molecular complexity index is 962. The summed E-state index contributed by atoms with van der Waals surface area (Å²) in [6.07, 6.45) is 6.87. The molecule has 0 N–H and O–H groups in total. The van der Waals surface area contributed by atoms with Gasteiger partial charge in [0.1, 0.15) is 5.82 Å². The van der Waals surface area contributed by atoms with Crippen molar-refractivity contribution in [2.75, 3.05) is 0 Å². The zero-order chi connectivity index (χ0) is 18.5. The average Bonchev–Trinajstić information content (AvgIpc) is 3.18. The SMILES string of the molecule is CC1=C(C)C([Si](C)(C)C2C=Cc3ccccc32)C(c2ccccc2F)=C1. The zero-order valence-corrected chi connectivity index (χ0v) is 16.9. The summed E-state index contributed by atoms with van der Waals surface area (Å²) in [6.45, 7) is 9.33. The molecule has 132 valence electrons. The molecule has 4 rings (SSSR count). The second-order valence-electron chi connectivity index (χ2n) is 8.17. The first-order valence-corrected chi connectivity index (χ1v) is 12.5. The fourth-order valence-corrected chi connectivity index (χ4v) is 9.26. The number of hydrogen-bond donors (Lipinski definition) is 0. The summed E-state index contributed by atoms with van der Waals surface area (Å²) in [5.41, 5.74) is 8.22. The first-order valence-electron chi connectivity index (χ1n) is 9.32. The number of rotatable bonds is 3. The highest BCUT2D eigenvalue weighted by atomic mass is 28.3. The van der Waals surface area contributed by atoms with E-state index in [0.29, 0.717) is 11.1 Å². The summed E-state index contributed by atoms with van der Waals surface area (Å²) in [6, 6.07) is 15.9. The van der Waals surface area contributed by atoms with Crippen molar-refractivity contribution in [2.24, 2.45) is 0 Å². The number of hydrogen-bond acceptors (Lipinski definition) is 0. The summed E-state index contributed by atoms with van der Waals surface area (Å²) < 4.78 is 14.6. The summed E-state index contributed by atoms with van der Waals surface area (Å²) in [4.78, 5) is 0. The van der Waals surface area contributed by atoms with Crippen LogP contribution in [0.25, 0.3) is 11.6 Å². The summed E-state index contributed by atoms with van der Waals surface area (Å²) in [7, 11) is -1.84. The third-order valence-corrected chi connectivity index (χ3v) is 10.6. The lowest BCUT2D eigenvalue weighted by molar-refractivity contribution is 0.623. The predicted molar refractivity (Wildman–Crippen MR) is 112 cm³/mol. The highest BCUT2D eigenvalue weighted by Gasteiger charge is 2.45. The van der Waals surface area contributed by atoms with E-state index in [4.69, 9.17) is 0 Å². The third kappa shape index (κ3) is 2.55. The van der Waals surface area contributed by atoms with Gasteiger partial charge in [-0.1, -0.05) is 84.9 Å². The highest BCUT2D eigenvalue weighted by molar-refractivity contribution is 6.83. The van der Waals surface area contributed by atoms with E-state index in [1.807, 2.05) is 12.1 Å². The maximum atomic E-state index is 14.6. The van der Waals surface area contributed by atoms with Gasteiger partial charge in [0.25, 0.3) is 0 Å². The molecule has 0 amide bonds. The molecule has 2 atom stereocenters. The van der Waals surface area contributed by atoms with Gasteiger partial charge in [-0.25, -0.2) is 4.39 Å². The normalized spacial score (nSPS) is 22.0. The van der Waals surface area contributed by atoms with Crippen LogP contribution in [0, 0.1) is 5.82 Å². The smallest absolute Gasteiger partial charge is 0.130 e. The minimum Gasteiger partial charge on any atom is -0.206 e. The van der Waals surface area contributed by atoms with Gasteiger partial charge in [-0.3, -0.25) is 0 Å². The number of allylic oxidation sites excluding steroid dienone is 5. The Morgan fingerprint density at radius 2 is 1.62 bits per heavy atom. The lowest BCUT2D eigenvalue weighted by Crippen LogP contribution is -2.39. The number of fused-ring (bicyclic) bond motifs is 1. The molecule has 0 nitrogen and oxygen atoms in total. The summed E-state index contributed by atoms with van der Waals surface area (Å²) in [5.74, 6) is -0.113. The quantitative estimate of drug-likeness (QED) is 0.518. The Morgan fingerprint density at radius 3 is 2.38 bits per heavy atom. The van der Waals surface area contributed by atoms with E-state index in [1.165, 1.54) is 27.8 Å². The van der Waals surface area contributed by atoms with Crippen molar-refractivity contribution >= 4 is 19.7 Å². The van der Waals surface area contributed by atoms with Crippen LogP contribution in [0.15, 0.2) is 71.8 Å². The largest absolute Gasteiger partial charge is 0.206 e. The molecule has 2 aliphatic rings. The van der Waals surface area contributed by atoms with Crippen LogP contribution in [0.4, 0.5) is 4.39 Å². The third-order valence-electron chi connectivity index (χ3n) is 6.27. The van der Waals surface area contributed by atoms with Gasteiger partial charge in [-0.15, -0.1) is 0 Å². The average molecular weight is 361 g/mol. The van der Waals surface area contributed by atoms with Crippen LogP contribution < -0.4 is 0 Å². The fraction of sp³-hybridized carbons (Fsp3) is 0.250. The van der Waals surface area contributed by atoms with Crippen LogP contribution >= 0.6 is 0 Å². The van der Waals surface area contributed by atoms with Crippen molar-refractivity contribution in [1.29, 1.82) is 0 Å². The van der Waals surface area contributed by atoms with Crippen molar-refractivity contribution in [2.45, 2.75) is 38.0 Å². The minimum absolute atomic E-state index is 0.113. The van der Waals surface area contributed by atoms with Gasteiger partial charge in [-0.2, -0.15) is 0 Å². The van der Waals surface area contributed by atoms with Crippen LogP contribution in [-0.4, -0.2) is 8.07 Å². The van der Waals surface area contributed by atoms with Crippen molar-refractivity contribution in [3.63, 3.8) is 0 Å². The van der Waals surface area contributed by atoms with Gasteiger partial charge in [-0.05, 0) is 42.2 Å². The maximum Gasteiger partial charge on any atom is 0.130 e. The van der Waals surface area contributed by atoms with E-state index >= 15 is 0 Å². The molecule has 0 fully saturated rings. The second-order valence-corrected chi connectivity index (χ2v) is 13.0. The lowest BCUT2D eigenvalue weighted by Gasteiger charge is -2.38. The molecule has 2 heteroatoms. The van der Waals surface area contributed by atoms with E-state index in [2.05, 4.69) is 69.4 Å². The molecular formula is C24H25FSi. The number of halogens is 1. The summed E-state index contributed by atoms with van der Waals surface area (Å²) in [5, 5.41) is 0. The van der Waals surface area contributed by atoms with Gasteiger partial charge in [0, 0.05) is 11.1 Å². The first kappa shape index (κ1) is 17.2.